The van der Waals surface area contributed by atoms with E-state index in [1.165, 1.54) is 69.0 Å². The Kier molecular flexibility index (Phi) is 8.66. The Morgan fingerprint density at radius 2 is 1.71 bits per heavy atom. The molecular weight excluding hydrogens is 348 g/mol. The first-order chi connectivity index (χ1) is 13.8. The highest BCUT2D eigenvalue weighted by Gasteiger charge is 2.30. The van der Waals surface area contributed by atoms with E-state index in [9.17, 15) is 4.79 Å². The number of anilines is 2. The molecule has 1 unspecified atom stereocenters. The zero-order chi connectivity index (χ0) is 19.6. The van der Waals surface area contributed by atoms with Crippen LogP contribution >= 0.6 is 0 Å². The summed E-state index contributed by atoms with van der Waals surface area (Å²) in [6.07, 6.45) is 15.2. The zero-order valence-electron chi connectivity index (χ0n) is 17.7. The van der Waals surface area contributed by atoms with Crippen molar-refractivity contribution in [2.24, 2.45) is 0 Å². The summed E-state index contributed by atoms with van der Waals surface area (Å²) < 4.78 is 6.28. The van der Waals surface area contributed by atoms with Gasteiger partial charge in [-0.2, -0.15) is 0 Å². The first-order valence-corrected chi connectivity index (χ1v) is 11.6. The van der Waals surface area contributed by atoms with Crippen LogP contribution < -0.4 is 10.2 Å². The maximum atomic E-state index is 11.9. The van der Waals surface area contributed by atoms with Crippen LogP contribution in [0.25, 0.3) is 0 Å². The molecule has 1 aromatic carbocycles. The van der Waals surface area contributed by atoms with Crippen LogP contribution in [0.3, 0.4) is 0 Å². The van der Waals surface area contributed by atoms with Gasteiger partial charge in [0.1, 0.15) is 0 Å². The van der Waals surface area contributed by atoms with Crippen molar-refractivity contribution < 1.29 is 9.53 Å². The molecule has 4 heteroatoms. The fourth-order valence-electron chi connectivity index (χ4n) is 4.48. The number of para-hydroxylation sites is 1. The molecule has 1 amide bonds. The van der Waals surface area contributed by atoms with Crippen molar-refractivity contribution in [1.29, 1.82) is 0 Å². The number of nitrogens with zero attached hydrogens (tertiary/aromatic N) is 1. The second kappa shape index (κ2) is 11.5. The Labute approximate surface area is 171 Å². The fraction of sp³-hybridized carbons (Fsp3) is 0.708. The number of amides is 1. The SMILES string of the molecule is CCCCCCCCCCCCOC1CCN2CCC(=O)Nc3cccc1c32. The lowest BCUT2D eigenvalue weighted by molar-refractivity contribution is -0.115. The van der Waals surface area contributed by atoms with E-state index < -0.39 is 0 Å². The standard InChI is InChI=1S/C24H38N2O2/c1-2-3-4-5-6-7-8-9-10-11-19-28-22-15-17-26-18-16-23(27)25-21-14-12-13-20(22)24(21)26/h12-14,22H,2-11,15-19H2,1H3,(H,25,27). The number of ether oxygens (including phenoxy) is 1. The largest absolute Gasteiger partial charge is 0.373 e. The first kappa shape index (κ1) is 21.2. The molecule has 0 aromatic heterocycles. The minimum absolute atomic E-state index is 0.116. The molecule has 2 aliphatic heterocycles. The number of carbonyl (C=O) groups is 1. The molecule has 0 saturated heterocycles. The van der Waals surface area contributed by atoms with E-state index in [0.29, 0.717) is 6.42 Å². The maximum absolute atomic E-state index is 11.9. The minimum atomic E-state index is 0.116. The van der Waals surface area contributed by atoms with E-state index in [4.69, 9.17) is 4.74 Å². The van der Waals surface area contributed by atoms with Crippen LogP contribution in [0, 0.1) is 0 Å². The Morgan fingerprint density at radius 1 is 1.00 bits per heavy atom. The highest BCUT2D eigenvalue weighted by atomic mass is 16.5. The number of benzene rings is 1. The average molecular weight is 387 g/mol. The van der Waals surface area contributed by atoms with Gasteiger partial charge in [0.15, 0.2) is 0 Å². The third kappa shape index (κ3) is 5.97. The van der Waals surface area contributed by atoms with Crippen LogP contribution in [0.4, 0.5) is 11.4 Å². The zero-order valence-corrected chi connectivity index (χ0v) is 17.7. The molecular formula is C24H38N2O2. The van der Waals surface area contributed by atoms with Gasteiger partial charge in [0.05, 0.1) is 17.5 Å². The number of carbonyl (C=O) groups excluding carboxylic acids is 1. The lowest BCUT2D eigenvalue weighted by atomic mass is 9.97. The predicted molar refractivity (Wildman–Crippen MR) is 117 cm³/mol. The molecule has 156 valence electrons. The summed E-state index contributed by atoms with van der Waals surface area (Å²) in [5.41, 5.74) is 3.39. The molecule has 1 N–H and O–H groups in total. The Hall–Kier alpha value is -1.55. The fourth-order valence-corrected chi connectivity index (χ4v) is 4.48. The van der Waals surface area contributed by atoms with Crippen molar-refractivity contribution in [2.75, 3.05) is 29.9 Å². The molecule has 2 heterocycles. The third-order valence-corrected chi connectivity index (χ3v) is 6.09. The van der Waals surface area contributed by atoms with Gasteiger partial charge in [-0.3, -0.25) is 4.79 Å². The minimum Gasteiger partial charge on any atom is -0.373 e. The molecule has 0 spiro atoms. The van der Waals surface area contributed by atoms with E-state index in [1.54, 1.807) is 0 Å². The smallest absolute Gasteiger partial charge is 0.226 e. The van der Waals surface area contributed by atoms with Crippen molar-refractivity contribution >= 4 is 17.3 Å². The van der Waals surface area contributed by atoms with E-state index in [0.717, 1.165) is 38.2 Å². The van der Waals surface area contributed by atoms with Gasteiger partial charge in [-0.1, -0.05) is 76.8 Å². The summed E-state index contributed by atoms with van der Waals surface area (Å²) in [6, 6.07) is 6.23. The van der Waals surface area contributed by atoms with Gasteiger partial charge in [-0.25, -0.2) is 0 Å². The van der Waals surface area contributed by atoms with E-state index in [2.05, 4.69) is 23.2 Å². The Balaban J connectivity index is 1.36. The molecule has 0 radical (unpaired) electrons. The molecule has 0 saturated carbocycles. The number of rotatable bonds is 12. The molecule has 1 aromatic rings. The van der Waals surface area contributed by atoms with Crippen LogP contribution in [0.2, 0.25) is 0 Å². The Bertz CT molecular complexity index is 617. The Morgan fingerprint density at radius 3 is 2.46 bits per heavy atom. The van der Waals surface area contributed by atoms with Gasteiger partial charge in [-0.15, -0.1) is 0 Å². The van der Waals surface area contributed by atoms with Gasteiger partial charge in [-0.05, 0) is 18.9 Å². The summed E-state index contributed by atoms with van der Waals surface area (Å²) in [6.45, 7) is 4.90. The first-order valence-electron chi connectivity index (χ1n) is 11.6. The molecule has 0 fully saturated rings. The second-order valence-corrected chi connectivity index (χ2v) is 8.36. The quantitative estimate of drug-likeness (QED) is 0.434. The molecule has 1 atom stereocenters. The van der Waals surface area contributed by atoms with Crippen molar-refractivity contribution in [3.63, 3.8) is 0 Å². The molecule has 0 bridgehead atoms. The van der Waals surface area contributed by atoms with Crippen LogP contribution in [0.15, 0.2) is 18.2 Å². The highest BCUT2D eigenvalue weighted by Crippen LogP contribution is 2.42. The second-order valence-electron chi connectivity index (χ2n) is 8.36. The lowest BCUT2D eigenvalue weighted by Gasteiger charge is -2.35. The predicted octanol–water partition coefficient (Wildman–Crippen LogP) is 6.22. The lowest BCUT2D eigenvalue weighted by Crippen LogP contribution is -2.32. The van der Waals surface area contributed by atoms with Crippen molar-refractivity contribution in [3.05, 3.63) is 23.8 Å². The molecule has 4 nitrogen and oxygen atoms in total. The van der Waals surface area contributed by atoms with E-state index in [1.807, 2.05) is 12.1 Å². The van der Waals surface area contributed by atoms with Crippen LogP contribution in [0.5, 0.6) is 0 Å². The summed E-state index contributed by atoms with van der Waals surface area (Å²) in [7, 11) is 0. The number of unbranched alkanes of at least 4 members (excludes halogenated alkanes) is 9. The topological polar surface area (TPSA) is 41.6 Å². The molecule has 0 aliphatic carbocycles. The van der Waals surface area contributed by atoms with Gasteiger partial charge in [0, 0.05) is 31.7 Å². The number of hydrogen-bond acceptors (Lipinski definition) is 3. The third-order valence-electron chi connectivity index (χ3n) is 6.09. The summed E-state index contributed by atoms with van der Waals surface area (Å²) >= 11 is 0. The van der Waals surface area contributed by atoms with Crippen molar-refractivity contribution in [3.8, 4) is 0 Å². The average Bonchev–Trinajstić information content (AvgIpc) is 2.87. The summed E-state index contributed by atoms with van der Waals surface area (Å²) in [5, 5.41) is 3.06. The van der Waals surface area contributed by atoms with Gasteiger partial charge in [0.2, 0.25) is 5.91 Å². The maximum Gasteiger partial charge on any atom is 0.226 e. The van der Waals surface area contributed by atoms with Gasteiger partial charge < -0.3 is 15.0 Å². The van der Waals surface area contributed by atoms with Crippen LogP contribution in [0.1, 0.15) is 95.6 Å². The van der Waals surface area contributed by atoms with E-state index in [-0.39, 0.29) is 12.0 Å². The van der Waals surface area contributed by atoms with Crippen molar-refractivity contribution in [1.82, 2.24) is 0 Å². The van der Waals surface area contributed by atoms with Crippen LogP contribution in [-0.2, 0) is 9.53 Å². The summed E-state index contributed by atoms with van der Waals surface area (Å²) in [4.78, 5) is 14.3. The van der Waals surface area contributed by atoms with E-state index >= 15 is 0 Å². The molecule has 3 rings (SSSR count). The molecule has 2 aliphatic rings. The monoisotopic (exact) mass is 386 g/mol. The summed E-state index contributed by atoms with van der Waals surface area (Å²) in [5.74, 6) is 0.116. The number of hydrogen-bond donors (Lipinski definition) is 1. The molecule has 28 heavy (non-hydrogen) atoms. The highest BCUT2D eigenvalue weighted by molar-refractivity contribution is 5.97. The van der Waals surface area contributed by atoms with Gasteiger partial charge >= 0.3 is 0 Å². The van der Waals surface area contributed by atoms with Crippen molar-refractivity contribution in [2.45, 2.75) is 90.1 Å². The van der Waals surface area contributed by atoms with Crippen LogP contribution in [-0.4, -0.2) is 25.6 Å². The normalized spacial score (nSPS) is 18.5. The van der Waals surface area contributed by atoms with Gasteiger partial charge in [0.25, 0.3) is 0 Å². The number of nitrogens with one attached hydrogen (secondary N) is 1.